The number of unbranched alkanes of at least 4 members (excludes halogenated alkanes) is 15. The molecule has 6 rings (SSSR count). The smallest absolute Gasteiger partial charge is 0.350 e. The van der Waals surface area contributed by atoms with Crippen molar-refractivity contribution in [1.82, 2.24) is 19.6 Å². The van der Waals surface area contributed by atoms with E-state index in [4.69, 9.17) is 14.2 Å². The van der Waals surface area contributed by atoms with Crippen LogP contribution in [0.5, 0.6) is 0 Å². The molecule has 0 unspecified atom stereocenters. The van der Waals surface area contributed by atoms with Gasteiger partial charge in [0.2, 0.25) is 19.7 Å². The van der Waals surface area contributed by atoms with Crippen LogP contribution in [-0.4, -0.2) is 122 Å². The summed E-state index contributed by atoms with van der Waals surface area (Å²) in [6, 6.07) is 53.9. The molecule has 0 N–H and O–H groups in total. The number of rotatable bonds is 52. The summed E-state index contributed by atoms with van der Waals surface area (Å²) in [5.41, 5.74) is 3.44. The normalized spacial score (nSPS) is 12.5. The van der Waals surface area contributed by atoms with Gasteiger partial charge in [0.15, 0.2) is 24.6 Å². The molecule has 19 heteroatoms. The maximum Gasteiger partial charge on any atom is 0.350 e. The fraction of sp³-hybridized carbons (Fsp3) is 0.400. The van der Waals surface area contributed by atoms with Crippen molar-refractivity contribution in [2.45, 2.75) is 172 Å². The minimum absolute atomic E-state index is 0.0406. The number of esters is 3. The number of hydrogen-bond acceptors (Lipinski definition) is 16. The molecule has 6 aromatic rings. The van der Waals surface area contributed by atoms with Crippen LogP contribution < -0.4 is 0 Å². The Bertz CT molecular complexity index is 3810. The van der Waals surface area contributed by atoms with E-state index >= 15 is 0 Å². The summed E-state index contributed by atoms with van der Waals surface area (Å²) in [4.78, 5) is 48.8. The Morgan fingerprint density at radius 3 is 0.885 bits per heavy atom. The lowest BCUT2D eigenvalue weighted by molar-refractivity contribution is -0.139. The molecule has 0 radical (unpaired) electrons. The predicted octanol–water partition coefficient (Wildman–Crippen LogP) is 17.3. The van der Waals surface area contributed by atoms with Crippen LogP contribution in [-0.2, 0) is 83.5 Å². The monoisotopic (exact) mass is 1470 g/mol. The highest BCUT2D eigenvalue weighted by molar-refractivity contribution is 7.96. The first-order chi connectivity index (χ1) is 50.5. The minimum atomic E-state index is -4.33. The van der Waals surface area contributed by atoms with Crippen LogP contribution in [0, 0.1) is 0 Å². The summed E-state index contributed by atoms with van der Waals surface area (Å²) in [5.74, 6) is -3.19. The molecule has 0 aliphatic carbocycles. The van der Waals surface area contributed by atoms with Crippen LogP contribution in [0.25, 0.3) is 0 Å². The number of nitrogens with zero attached hydrogens (tertiary/aromatic N) is 4. The zero-order chi connectivity index (χ0) is 74.4. The van der Waals surface area contributed by atoms with E-state index in [0.29, 0.717) is 83.7 Å². The van der Waals surface area contributed by atoms with Crippen molar-refractivity contribution in [1.29, 1.82) is 0 Å². The molecule has 0 saturated heterocycles. The standard InChI is InChI=1S/C85H110N4O12S3/c1-4-7-10-13-16-37-67-99-83(90)80(102(93,94)73-77-49-31-22-32-50-77)55-40-58-87(70-74-43-25-19-26-44-74)64-61-86(62-65-88(71-75-45-27-20-28-46-75)59-41-56-81(103(95,96)78-51-33-23-34-52-78)84(91)100-68-38-17-14-11-8-5-2)63-66-89(72-76-47-29-21-30-48-76)60-42-57-82(104(97,98)79-53-35-24-36-54-79)85(92)101-69-39-18-15-12-9-6-3/h19-36,40-60H,4-18,37-39,61-73H2,1-3H3/b58-40+,59-41+,60-42+,80-55-,81-56-,82-57+. The molecule has 104 heavy (non-hydrogen) atoms. The van der Waals surface area contributed by atoms with Gasteiger partial charge in [0, 0.05) is 58.9 Å². The van der Waals surface area contributed by atoms with Crippen molar-refractivity contribution in [3.05, 3.63) is 274 Å². The Hall–Kier alpha value is -8.62. The van der Waals surface area contributed by atoms with Gasteiger partial charge in [0.25, 0.3) is 0 Å². The Morgan fingerprint density at radius 2 is 0.577 bits per heavy atom. The first-order valence-electron chi connectivity index (χ1n) is 37.1. The number of carbonyl (C=O) groups excluding carboxylic acids is 3. The third-order valence-electron chi connectivity index (χ3n) is 17.4. The van der Waals surface area contributed by atoms with Crippen molar-refractivity contribution in [3.8, 4) is 0 Å². The van der Waals surface area contributed by atoms with E-state index in [9.17, 15) is 39.6 Å². The molecule has 16 nitrogen and oxygen atoms in total. The number of hydrogen-bond donors (Lipinski definition) is 0. The van der Waals surface area contributed by atoms with Gasteiger partial charge >= 0.3 is 17.9 Å². The summed E-state index contributed by atoms with van der Waals surface area (Å²) >= 11 is 0. The van der Waals surface area contributed by atoms with Crippen molar-refractivity contribution in [3.63, 3.8) is 0 Å². The molecule has 0 atom stereocenters. The Morgan fingerprint density at radius 1 is 0.317 bits per heavy atom. The van der Waals surface area contributed by atoms with Gasteiger partial charge in [0.05, 0.1) is 35.4 Å². The lowest BCUT2D eigenvalue weighted by Crippen LogP contribution is -2.41. The molecule has 0 aliphatic heterocycles. The van der Waals surface area contributed by atoms with E-state index in [1.807, 2.05) is 91.0 Å². The quantitative estimate of drug-likeness (QED) is 0.0115. The van der Waals surface area contributed by atoms with E-state index in [0.717, 1.165) is 113 Å². The maximum atomic E-state index is 14.3. The Balaban J connectivity index is 1.40. The van der Waals surface area contributed by atoms with Crippen LogP contribution in [0.2, 0.25) is 0 Å². The number of ether oxygens (including phenoxy) is 3. The fourth-order valence-electron chi connectivity index (χ4n) is 11.5. The summed E-state index contributed by atoms with van der Waals surface area (Å²) < 4.78 is 103. The number of carbonyl (C=O) groups is 3. The summed E-state index contributed by atoms with van der Waals surface area (Å²) in [6.45, 7) is 10.4. The van der Waals surface area contributed by atoms with Crippen molar-refractivity contribution in [2.75, 3.05) is 59.1 Å². The lowest BCUT2D eigenvalue weighted by atomic mass is 10.1. The van der Waals surface area contributed by atoms with Crippen LogP contribution in [0.15, 0.2) is 262 Å². The summed E-state index contributed by atoms with van der Waals surface area (Å²) in [7, 11) is -12.9. The topological polar surface area (TPSA) is 194 Å². The van der Waals surface area contributed by atoms with Crippen LogP contribution in [0.1, 0.15) is 159 Å². The molecule has 560 valence electrons. The van der Waals surface area contributed by atoms with Crippen molar-refractivity contribution >= 4 is 47.4 Å². The van der Waals surface area contributed by atoms with Gasteiger partial charge in [-0.3, -0.25) is 4.90 Å². The molecule has 0 aromatic heterocycles. The lowest BCUT2D eigenvalue weighted by Gasteiger charge is -2.31. The first kappa shape index (κ1) is 84.3. The molecule has 0 amide bonds. The second-order valence-corrected chi connectivity index (χ2v) is 31.7. The second kappa shape index (κ2) is 48.4. The molecule has 0 heterocycles. The Kier molecular flexibility index (Phi) is 39.3. The number of benzene rings is 6. The minimum Gasteiger partial charge on any atom is -0.462 e. The zero-order valence-corrected chi connectivity index (χ0v) is 63.8. The molecule has 0 aliphatic rings. The van der Waals surface area contributed by atoms with Gasteiger partial charge in [-0.05, 0) is 121 Å². The number of sulfone groups is 3. The average Bonchev–Trinajstić information content (AvgIpc) is 0.811. The average molecular weight is 1480 g/mol. The SMILES string of the molecule is CCCCCCCCOC(=O)/C(=C/C=C/N(CCN(CCN(/C=C/C=C(/C(=O)OCCCCCCCC)S(=O)(=O)c1ccccc1)Cc1ccccc1)CCN(/C=C/C=C(\C(=O)OCCCCCCCC)S(=O)(=O)c1ccccc1)Cc1ccccc1)Cc1ccccc1)S(=O)(=O)Cc1ccccc1. The molecule has 0 fully saturated rings. The van der Waals surface area contributed by atoms with Crippen molar-refractivity contribution in [2.24, 2.45) is 0 Å². The highest BCUT2D eigenvalue weighted by Crippen LogP contribution is 2.25. The highest BCUT2D eigenvalue weighted by Gasteiger charge is 2.30. The molecule has 0 spiro atoms. The molecule has 0 saturated carbocycles. The third kappa shape index (κ3) is 31.8. The van der Waals surface area contributed by atoms with Gasteiger partial charge in [-0.1, -0.05) is 275 Å². The second-order valence-electron chi connectivity index (χ2n) is 25.9. The maximum absolute atomic E-state index is 14.3. The first-order valence-corrected chi connectivity index (χ1v) is 41.8. The Labute approximate surface area is 621 Å². The van der Waals surface area contributed by atoms with Crippen molar-refractivity contribution < 1.29 is 53.8 Å². The van der Waals surface area contributed by atoms with E-state index in [2.05, 4.69) is 40.4 Å². The van der Waals surface area contributed by atoms with Crippen LogP contribution >= 0.6 is 0 Å². The van der Waals surface area contributed by atoms with E-state index < -0.39 is 67.9 Å². The molecule has 6 aromatic carbocycles. The van der Waals surface area contributed by atoms with Crippen LogP contribution in [0.4, 0.5) is 0 Å². The summed E-state index contributed by atoms with van der Waals surface area (Å²) in [5, 5.41) is 0. The largest absolute Gasteiger partial charge is 0.462 e. The molecular weight excluding hydrogens is 1370 g/mol. The van der Waals surface area contributed by atoms with E-state index in [1.165, 1.54) is 42.5 Å². The van der Waals surface area contributed by atoms with Gasteiger partial charge in [0.1, 0.15) is 0 Å². The third-order valence-corrected chi connectivity index (χ3v) is 22.7. The molecule has 0 bridgehead atoms. The van der Waals surface area contributed by atoms with E-state index in [-0.39, 0.29) is 29.6 Å². The number of allylic oxidation sites excluding steroid dienone is 6. The zero-order valence-electron chi connectivity index (χ0n) is 61.3. The summed E-state index contributed by atoms with van der Waals surface area (Å²) in [6.07, 6.45) is 31.2. The highest BCUT2D eigenvalue weighted by atomic mass is 32.2. The van der Waals surface area contributed by atoms with Gasteiger partial charge in [-0.2, -0.15) is 0 Å². The van der Waals surface area contributed by atoms with Gasteiger partial charge < -0.3 is 28.9 Å². The van der Waals surface area contributed by atoms with Crippen LogP contribution in [0.3, 0.4) is 0 Å². The fourth-order valence-corrected chi connectivity index (χ4v) is 15.5. The van der Waals surface area contributed by atoms with Gasteiger partial charge in [-0.15, -0.1) is 0 Å². The van der Waals surface area contributed by atoms with Gasteiger partial charge in [-0.25, -0.2) is 39.6 Å². The molecular formula is C85H110N4O12S3. The predicted molar refractivity (Wildman–Crippen MR) is 418 cm³/mol. The van der Waals surface area contributed by atoms with E-state index in [1.54, 1.807) is 104 Å².